The van der Waals surface area contributed by atoms with Crippen LogP contribution in [0.15, 0.2) is 29.9 Å². The number of hydrogen-bond acceptors (Lipinski definition) is 3. The topological polar surface area (TPSA) is 48.9 Å². The quantitative estimate of drug-likeness (QED) is 0.770. The first-order chi connectivity index (χ1) is 9.22. The van der Waals surface area contributed by atoms with Crippen LogP contribution in [0.5, 0.6) is 0 Å². The van der Waals surface area contributed by atoms with Crippen molar-refractivity contribution in [2.24, 2.45) is 0 Å². The molecule has 19 heavy (non-hydrogen) atoms. The van der Waals surface area contributed by atoms with Crippen molar-refractivity contribution in [2.45, 2.75) is 19.4 Å². The Morgan fingerprint density at radius 1 is 1.47 bits per heavy atom. The highest BCUT2D eigenvalue weighted by Crippen LogP contribution is 2.35. The number of thiophene rings is 1. The second kappa shape index (κ2) is 4.75. The lowest BCUT2D eigenvalue weighted by atomic mass is 10.00. The summed E-state index contributed by atoms with van der Waals surface area (Å²) in [7, 11) is 0. The van der Waals surface area contributed by atoms with Crippen molar-refractivity contribution in [2.75, 3.05) is 0 Å². The van der Waals surface area contributed by atoms with E-state index in [0.717, 1.165) is 17.4 Å². The minimum Gasteiger partial charge on any atom is -0.380 e. The summed E-state index contributed by atoms with van der Waals surface area (Å²) in [6.45, 7) is 2.02. The Hall–Kier alpha value is -1.72. The number of aliphatic hydroxyl groups is 1. The van der Waals surface area contributed by atoms with Gasteiger partial charge in [-0.15, -0.1) is 11.3 Å². The molecule has 1 aromatic carbocycles. The molecule has 0 radical (unpaired) electrons. The summed E-state index contributed by atoms with van der Waals surface area (Å²) >= 11 is 1.38. The molecule has 0 aliphatic heterocycles. The van der Waals surface area contributed by atoms with Crippen LogP contribution < -0.4 is 0 Å². The van der Waals surface area contributed by atoms with Gasteiger partial charge in [0, 0.05) is 17.8 Å². The third-order valence-corrected chi connectivity index (χ3v) is 4.27. The lowest BCUT2D eigenvalue weighted by Gasteiger charge is -2.11. The smallest absolute Gasteiger partial charge is 0.141 e. The highest BCUT2D eigenvalue weighted by atomic mass is 32.1. The molecule has 1 atom stereocenters. The molecule has 0 saturated carbocycles. The highest BCUT2D eigenvalue weighted by molar-refractivity contribution is 7.17. The number of aromatic amines is 1. The molecule has 0 aliphatic rings. The zero-order chi connectivity index (χ0) is 13.4. The molecule has 0 amide bonds. The maximum atomic E-state index is 13.8. The second-order valence-electron chi connectivity index (χ2n) is 4.33. The van der Waals surface area contributed by atoms with Crippen molar-refractivity contribution in [1.29, 1.82) is 0 Å². The molecule has 0 bridgehead atoms. The number of nitrogens with zero attached hydrogens (tertiary/aromatic N) is 1. The number of imidazole rings is 1. The molecule has 0 fully saturated rings. The van der Waals surface area contributed by atoms with Crippen molar-refractivity contribution >= 4 is 21.4 Å². The molecule has 3 nitrogen and oxygen atoms in total. The zero-order valence-electron chi connectivity index (χ0n) is 10.4. The molecule has 0 aliphatic carbocycles. The predicted molar refractivity (Wildman–Crippen MR) is 73.8 cm³/mol. The lowest BCUT2D eigenvalue weighted by Crippen LogP contribution is -2.03. The van der Waals surface area contributed by atoms with Gasteiger partial charge in [0.15, 0.2) is 0 Å². The molecular formula is C14H13FN2OS. The average molecular weight is 276 g/mol. The van der Waals surface area contributed by atoms with Crippen molar-refractivity contribution < 1.29 is 9.50 Å². The number of H-pyrrole nitrogens is 1. The van der Waals surface area contributed by atoms with Gasteiger partial charge in [-0.3, -0.25) is 0 Å². The fraction of sp³-hybridized carbons (Fsp3) is 0.214. The number of halogens is 1. The second-order valence-corrected chi connectivity index (χ2v) is 5.21. The van der Waals surface area contributed by atoms with Crippen LogP contribution in [0.4, 0.5) is 4.39 Å². The molecule has 2 heterocycles. The van der Waals surface area contributed by atoms with E-state index in [2.05, 4.69) is 9.97 Å². The first-order valence-electron chi connectivity index (χ1n) is 6.08. The molecule has 3 rings (SSSR count). The van der Waals surface area contributed by atoms with Gasteiger partial charge in [0.25, 0.3) is 0 Å². The van der Waals surface area contributed by atoms with Gasteiger partial charge < -0.3 is 10.1 Å². The number of rotatable bonds is 3. The van der Waals surface area contributed by atoms with Crippen molar-refractivity contribution in [3.8, 4) is 0 Å². The van der Waals surface area contributed by atoms with E-state index in [0.29, 0.717) is 16.1 Å². The van der Waals surface area contributed by atoms with Gasteiger partial charge in [-0.2, -0.15) is 0 Å². The molecular weight excluding hydrogens is 263 g/mol. The summed E-state index contributed by atoms with van der Waals surface area (Å²) in [5.74, 6) is 0.233. The van der Waals surface area contributed by atoms with E-state index in [9.17, 15) is 9.50 Å². The summed E-state index contributed by atoms with van der Waals surface area (Å²) in [5, 5.41) is 13.2. The summed E-state index contributed by atoms with van der Waals surface area (Å²) in [6, 6.07) is 3.04. The van der Waals surface area contributed by atoms with E-state index < -0.39 is 6.10 Å². The molecule has 2 aromatic heterocycles. The molecule has 5 heteroatoms. The Bertz CT molecular complexity index is 706. The van der Waals surface area contributed by atoms with Crippen LogP contribution in [0.1, 0.15) is 30.0 Å². The van der Waals surface area contributed by atoms with Crippen LogP contribution in [0.3, 0.4) is 0 Å². The summed E-state index contributed by atoms with van der Waals surface area (Å²) < 4.78 is 14.4. The van der Waals surface area contributed by atoms with E-state index in [-0.39, 0.29) is 5.82 Å². The average Bonchev–Trinajstić information content (AvgIpc) is 3.08. The molecule has 0 saturated heterocycles. The largest absolute Gasteiger partial charge is 0.380 e. The van der Waals surface area contributed by atoms with Gasteiger partial charge in [-0.05, 0) is 29.0 Å². The van der Waals surface area contributed by atoms with Crippen molar-refractivity contribution in [3.05, 3.63) is 52.7 Å². The van der Waals surface area contributed by atoms with E-state index in [1.165, 1.54) is 17.4 Å². The maximum absolute atomic E-state index is 13.8. The summed E-state index contributed by atoms with van der Waals surface area (Å²) in [6.07, 6.45) is 3.20. The Morgan fingerprint density at radius 3 is 3.00 bits per heavy atom. The van der Waals surface area contributed by atoms with Gasteiger partial charge in [0.05, 0.1) is 4.70 Å². The van der Waals surface area contributed by atoms with Crippen LogP contribution in [-0.4, -0.2) is 15.1 Å². The molecule has 0 spiro atoms. The van der Waals surface area contributed by atoms with Crippen LogP contribution in [0.25, 0.3) is 10.1 Å². The van der Waals surface area contributed by atoms with Gasteiger partial charge >= 0.3 is 0 Å². The Labute approximate surface area is 113 Å². The van der Waals surface area contributed by atoms with Crippen molar-refractivity contribution in [3.63, 3.8) is 0 Å². The van der Waals surface area contributed by atoms with E-state index in [1.54, 1.807) is 18.5 Å². The number of benzene rings is 1. The van der Waals surface area contributed by atoms with Crippen molar-refractivity contribution in [1.82, 2.24) is 9.97 Å². The molecule has 0 unspecified atom stereocenters. The van der Waals surface area contributed by atoms with E-state index >= 15 is 0 Å². The number of aliphatic hydroxyl groups excluding tert-OH is 1. The Morgan fingerprint density at radius 2 is 2.32 bits per heavy atom. The standard InChI is InChI=1S/C14H13FN2OS/c1-2-8-7-19-13-10(15)4-3-9(11(8)13)12(18)14-16-5-6-17-14/h3-7,12,18H,2H2,1H3,(H,16,17)/t12-/m1/s1. The number of fused-ring (bicyclic) bond motifs is 1. The lowest BCUT2D eigenvalue weighted by molar-refractivity contribution is 0.212. The van der Waals surface area contributed by atoms with Crippen LogP contribution in [0.2, 0.25) is 0 Å². The zero-order valence-corrected chi connectivity index (χ0v) is 11.2. The van der Waals surface area contributed by atoms with Gasteiger partial charge in [-0.1, -0.05) is 13.0 Å². The highest BCUT2D eigenvalue weighted by Gasteiger charge is 2.20. The van der Waals surface area contributed by atoms with Gasteiger partial charge in [0.2, 0.25) is 0 Å². The minimum absolute atomic E-state index is 0.241. The fourth-order valence-electron chi connectivity index (χ4n) is 2.27. The number of aromatic nitrogens is 2. The SMILES string of the molecule is CCc1csc2c(F)ccc([C@@H](O)c3ncc[nH]3)c12. The summed E-state index contributed by atoms with van der Waals surface area (Å²) in [4.78, 5) is 6.96. The van der Waals surface area contributed by atoms with Crippen LogP contribution >= 0.6 is 11.3 Å². The Balaban J connectivity index is 2.23. The van der Waals surface area contributed by atoms with Gasteiger partial charge in [0.1, 0.15) is 17.7 Å². The predicted octanol–water partition coefficient (Wildman–Crippen LogP) is 3.41. The first kappa shape index (κ1) is 12.3. The van der Waals surface area contributed by atoms with Crippen LogP contribution in [-0.2, 0) is 6.42 Å². The van der Waals surface area contributed by atoms with E-state index in [1.807, 2.05) is 12.3 Å². The number of hydrogen-bond donors (Lipinski definition) is 2. The third kappa shape index (κ3) is 1.95. The van der Waals surface area contributed by atoms with E-state index in [4.69, 9.17) is 0 Å². The van der Waals surface area contributed by atoms with Gasteiger partial charge in [-0.25, -0.2) is 9.37 Å². The Kier molecular flexibility index (Phi) is 3.08. The minimum atomic E-state index is -0.863. The molecule has 98 valence electrons. The normalized spacial score (nSPS) is 13.0. The first-order valence-corrected chi connectivity index (χ1v) is 6.96. The summed E-state index contributed by atoms with van der Waals surface area (Å²) in [5.41, 5.74) is 1.75. The maximum Gasteiger partial charge on any atom is 0.141 e. The number of aryl methyl sites for hydroxylation is 1. The van der Waals surface area contributed by atoms with Crippen LogP contribution in [0, 0.1) is 5.82 Å². The third-order valence-electron chi connectivity index (χ3n) is 3.24. The molecule has 2 N–H and O–H groups in total. The number of nitrogens with one attached hydrogen (secondary N) is 1. The fourth-order valence-corrected chi connectivity index (χ4v) is 3.36. The molecule has 3 aromatic rings. The monoisotopic (exact) mass is 276 g/mol.